The lowest BCUT2D eigenvalue weighted by molar-refractivity contribution is -0.148. The number of amides is 2. The lowest BCUT2D eigenvalue weighted by Gasteiger charge is -2.30. The number of carboxylic acids is 1. The highest BCUT2D eigenvalue weighted by molar-refractivity contribution is 6.00. The molecule has 2 amide bonds. The molecule has 2 aliphatic rings. The van der Waals surface area contributed by atoms with E-state index in [-0.39, 0.29) is 29.4 Å². The number of likely N-dealkylation sites (tertiary alicyclic amines) is 1. The molecule has 2 aromatic carbocycles. The molecular weight excluding hydrogens is 505 g/mol. The number of aromatic nitrogens is 2. The van der Waals surface area contributed by atoms with Crippen LogP contribution in [0.15, 0.2) is 52.9 Å². The van der Waals surface area contributed by atoms with Crippen LogP contribution in [-0.2, 0) is 9.59 Å². The molecule has 0 bridgehead atoms. The molecule has 1 aliphatic carbocycles. The lowest BCUT2D eigenvalue weighted by Crippen LogP contribution is -2.41. The van der Waals surface area contributed by atoms with Crippen LogP contribution in [0.25, 0.3) is 0 Å². The first-order valence-electron chi connectivity index (χ1n) is 13.2. The summed E-state index contributed by atoms with van der Waals surface area (Å²) < 4.78 is 19.1. The third kappa shape index (κ3) is 6.24. The smallest absolute Gasteiger partial charge is 0.326 e. The maximum absolute atomic E-state index is 13.8. The highest BCUT2D eigenvalue weighted by Gasteiger charge is 2.35. The fraction of sp³-hybridized carbons (Fsp3) is 0.393. The van der Waals surface area contributed by atoms with Crippen molar-refractivity contribution in [2.45, 2.75) is 56.9 Å². The summed E-state index contributed by atoms with van der Waals surface area (Å²) in [6.45, 7) is 0.534. The Balaban J connectivity index is 1.10. The Morgan fingerprint density at radius 2 is 1.74 bits per heavy atom. The zero-order chi connectivity index (χ0) is 27.4. The number of carbonyl (C=O) groups is 3. The fourth-order valence-electron chi connectivity index (χ4n) is 5.45. The van der Waals surface area contributed by atoms with Crippen LogP contribution in [-0.4, -0.2) is 50.6 Å². The lowest BCUT2D eigenvalue weighted by atomic mass is 9.77. The van der Waals surface area contributed by atoms with Gasteiger partial charge in [0.15, 0.2) is 0 Å². The van der Waals surface area contributed by atoms with Gasteiger partial charge in [-0.15, -0.1) is 5.10 Å². The number of rotatable bonds is 8. The number of hydrogen-bond acceptors (Lipinski definition) is 7. The highest BCUT2D eigenvalue weighted by atomic mass is 19.1. The Bertz CT molecular complexity index is 1340. The van der Waals surface area contributed by atoms with Crippen molar-refractivity contribution in [3.63, 3.8) is 0 Å². The summed E-state index contributed by atoms with van der Waals surface area (Å²) in [6.07, 6.45) is 5.43. The van der Waals surface area contributed by atoms with E-state index in [9.17, 15) is 23.9 Å². The average Bonchev–Trinajstić information content (AvgIpc) is 3.62. The summed E-state index contributed by atoms with van der Waals surface area (Å²) in [5, 5.41) is 22.2. The number of halogens is 1. The molecule has 11 heteroatoms. The van der Waals surface area contributed by atoms with Crippen LogP contribution in [0, 0.1) is 11.7 Å². The van der Waals surface area contributed by atoms with E-state index in [0.717, 1.165) is 37.7 Å². The monoisotopic (exact) mass is 535 g/mol. The van der Waals surface area contributed by atoms with Crippen LogP contribution in [0.1, 0.15) is 67.1 Å². The first-order valence-corrected chi connectivity index (χ1v) is 13.2. The van der Waals surface area contributed by atoms with Crippen molar-refractivity contribution >= 4 is 35.2 Å². The average molecular weight is 536 g/mol. The predicted molar refractivity (Wildman–Crippen MR) is 140 cm³/mol. The number of nitrogens with one attached hydrogen (secondary N) is 2. The highest BCUT2D eigenvalue weighted by Crippen LogP contribution is 2.38. The Morgan fingerprint density at radius 3 is 2.46 bits per heavy atom. The van der Waals surface area contributed by atoms with E-state index >= 15 is 0 Å². The molecule has 1 saturated heterocycles. The molecule has 204 valence electrons. The van der Waals surface area contributed by atoms with Gasteiger partial charge in [-0.2, -0.15) is 0 Å². The number of carboxylic acid groups (broad SMARTS) is 1. The summed E-state index contributed by atoms with van der Waals surface area (Å²) >= 11 is 0. The number of aliphatic carboxylic acids is 1. The molecule has 1 saturated carbocycles. The van der Waals surface area contributed by atoms with Crippen molar-refractivity contribution in [2.24, 2.45) is 5.92 Å². The van der Waals surface area contributed by atoms with E-state index in [1.54, 1.807) is 12.1 Å². The first-order chi connectivity index (χ1) is 18.9. The summed E-state index contributed by atoms with van der Waals surface area (Å²) in [7, 11) is 0. The van der Waals surface area contributed by atoms with Crippen molar-refractivity contribution in [3.8, 4) is 0 Å². The van der Waals surface area contributed by atoms with Gasteiger partial charge in [0.2, 0.25) is 5.91 Å². The molecule has 5 rings (SSSR count). The van der Waals surface area contributed by atoms with Crippen molar-refractivity contribution in [1.82, 2.24) is 15.1 Å². The van der Waals surface area contributed by atoms with Crippen molar-refractivity contribution in [2.75, 3.05) is 17.2 Å². The number of para-hydroxylation sites is 1. The van der Waals surface area contributed by atoms with Crippen LogP contribution in [0.4, 0.5) is 21.8 Å². The van der Waals surface area contributed by atoms with Gasteiger partial charge in [0.1, 0.15) is 11.9 Å². The minimum absolute atomic E-state index is 0.0418. The Labute approximate surface area is 224 Å². The Kier molecular flexibility index (Phi) is 7.85. The molecule has 1 aromatic heterocycles. The molecule has 0 radical (unpaired) electrons. The van der Waals surface area contributed by atoms with Gasteiger partial charge in [-0.05, 0) is 80.2 Å². The third-order valence-electron chi connectivity index (χ3n) is 7.54. The standard InChI is InChI=1S/C28H30FN5O5/c29-21-4-1-2-5-22(21)31-28-33-32-26(39-28)25(36)30-20-13-11-19(12-14-20)18-9-7-17(8-10-18)16-24(35)34-15-3-6-23(34)27(37)38/h1-2,4-5,11-14,17-18,23H,3,6-10,15-16H2,(H,30,36)(H,31,33)(H,37,38)/t17-,18-,23-/m0/s1. The van der Waals surface area contributed by atoms with Gasteiger partial charge in [-0.1, -0.05) is 29.4 Å². The minimum Gasteiger partial charge on any atom is -0.480 e. The minimum atomic E-state index is -0.914. The van der Waals surface area contributed by atoms with E-state index in [1.807, 2.05) is 24.3 Å². The SMILES string of the molecule is O=C(Nc1ccc([C@H]2CC[C@H](CC(=O)N3CCC[C@H]3C(=O)O)CC2)cc1)c1nnc(Nc2ccccc2F)o1. The maximum Gasteiger partial charge on any atom is 0.326 e. The van der Waals surface area contributed by atoms with Gasteiger partial charge in [0.25, 0.3) is 0 Å². The molecule has 1 aliphatic heterocycles. The van der Waals surface area contributed by atoms with Gasteiger partial charge >= 0.3 is 23.8 Å². The number of anilines is 3. The molecule has 2 heterocycles. The molecule has 0 unspecified atom stereocenters. The molecule has 3 aromatic rings. The summed E-state index contributed by atoms with van der Waals surface area (Å²) in [6, 6.07) is 12.8. The number of benzene rings is 2. The van der Waals surface area contributed by atoms with Gasteiger partial charge in [0, 0.05) is 18.7 Å². The molecular formula is C28H30FN5O5. The molecule has 3 N–H and O–H groups in total. The summed E-state index contributed by atoms with van der Waals surface area (Å²) in [5.74, 6) is -1.64. The van der Waals surface area contributed by atoms with Gasteiger partial charge < -0.3 is 25.1 Å². The van der Waals surface area contributed by atoms with Crippen LogP contribution in [0.5, 0.6) is 0 Å². The van der Waals surface area contributed by atoms with E-state index in [4.69, 9.17) is 4.42 Å². The molecule has 0 spiro atoms. The molecule has 10 nitrogen and oxygen atoms in total. The normalized spacial score (nSPS) is 20.9. The maximum atomic E-state index is 13.8. The fourth-order valence-corrected chi connectivity index (χ4v) is 5.45. The van der Waals surface area contributed by atoms with Crippen molar-refractivity contribution in [3.05, 3.63) is 65.8 Å². The number of hydrogen-bond donors (Lipinski definition) is 3. The van der Waals surface area contributed by atoms with Gasteiger partial charge in [-0.25, -0.2) is 9.18 Å². The largest absolute Gasteiger partial charge is 0.480 e. The van der Waals surface area contributed by atoms with Gasteiger partial charge in [-0.3, -0.25) is 9.59 Å². The van der Waals surface area contributed by atoms with Crippen LogP contribution in [0.2, 0.25) is 0 Å². The predicted octanol–water partition coefficient (Wildman–Crippen LogP) is 4.94. The number of carbonyl (C=O) groups excluding carboxylic acids is 2. The quantitative estimate of drug-likeness (QED) is 0.369. The second-order valence-electron chi connectivity index (χ2n) is 10.1. The first kappa shape index (κ1) is 26.3. The zero-order valence-corrected chi connectivity index (χ0v) is 21.3. The topological polar surface area (TPSA) is 138 Å². The number of nitrogens with zero attached hydrogens (tertiary/aromatic N) is 3. The van der Waals surface area contributed by atoms with Crippen molar-refractivity contribution < 1.29 is 28.3 Å². The second kappa shape index (κ2) is 11.6. The van der Waals surface area contributed by atoms with Gasteiger partial charge in [0.05, 0.1) is 5.69 Å². The Hall–Kier alpha value is -4.28. The molecule has 2 fully saturated rings. The van der Waals surface area contributed by atoms with Crippen molar-refractivity contribution in [1.29, 1.82) is 0 Å². The van der Waals surface area contributed by atoms with Crippen LogP contribution in [0.3, 0.4) is 0 Å². The molecule has 1 atom stereocenters. The Morgan fingerprint density at radius 1 is 1.00 bits per heavy atom. The van der Waals surface area contributed by atoms with Crippen LogP contribution < -0.4 is 10.6 Å². The summed E-state index contributed by atoms with van der Waals surface area (Å²) in [4.78, 5) is 38.2. The van der Waals surface area contributed by atoms with E-state index in [1.165, 1.54) is 17.0 Å². The second-order valence-corrected chi connectivity index (χ2v) is 10.1. The van der Waals surface area contributed by atoms with E-state index in [0.29, 0.717) is 31.0 Å². The molecule has 39 heavy (non-hydrogen) atoms. The van der Waals surface area contributed by atoms with Crippen LogP contribution >= 0.6 is 0 Å². The van der Waals surface area contributed by atoms with E-state index in [2.05, 4.69) is 20.8 Å². The van der Waals surface area contributed by atoms with E-state index < -0.39 is 23.7 Å². The zero-order valence-electron chi connectivity index (χ0n) is 21.3. The summed E-state index contributed by atoms with van der Waals surface area (Å²) in [5.41, 5.74) is 1.89. The third-order valence-corrected chi connectivity index (χ3v) is 7.54.